The molecule has 0 spiro atoms. The fraction of sp³-hybridized carbons (Fsp3) is 0.381. The van der Waals surface area contributed by atoms with Gasteiger partial charge in [-0.3, -0.25) is 4.79 Å². The van der Waals surface area contributed by atoms with Crippen molar-refractivity contribution in [1.82, 2.24) is 9.29 Å². The molecule has 0 saturated carbocycles. The van der Waals surface area contributed by atoms with Gasteiger partial charge in [0.05, 0.1) is 11.1 Å². The number of carbonyl (C=O) groups is 1. The monoisotopic (exact) mass is 431 g/mol. The Labute approximate surface area is 177 Å². The molecule has 0 bridgehead atoms. The Morgan fingerprint density at radius 1 is 1.38 bits per heavy atom. The van der Waals surface area contributed by atoms with Crippen LogP contribution in [-0.4, -0.2) is 50.3 Å². The Morgan fingerprint density at radius 3 is 2.83 bits per heavy atom. The van der Waals surface area contributed by atoms with Crippen LogP contribution in [0.25, 0.3) is 21.3 Å². The van der Waals surface area contributed by atoms with Gasteiger partial charge in [0.15, 0.2) is 0 Å². The lowest BCUT2D eigenvalue weighted by molar-refractivity contribution is 0.100. The zero-order chi connectivity index (χ0) is 20.4. The van der Waals surface area contributed by atoms with Crippen LogP contribution in [0.15, 0.2) is 35.8 Å². The van der Waals surface area contributed by atoms with Gasteiger partial charge in [-0.1, -0.05) is 6.07 Å². The van der Waals surface area contributed by atoms with Gasteiger partial charge in [-0.2, -0.15) is 0 Å². The van der Waals surface area contributed by atoms with Crippen LogP contribution in [0.4, 0.5) is 0 Å². The lowest BCUT2D eigenvalue weighted by atomic mass is 9.89. The minimum Gasteiger partial charge on any atom is -0.598 e. The molecule has 154 valence electrons. The number of primary amides is 1. The molecule has 1 unspecified atom stereocenters. The quantitative estimate of drug-likeness (QED) is 0.500. The molecule has 0 aliphatic carbocycles. The van der Waals surface area contributed by atoms with Gasteiger partial charge in [-0.05, 0) is 53.5 Å². The molecule has 8 heteroatoms. The van der Waals surface area contributed by atoms with Crippen LogP contribution in [0, 0.1) is 0 Å². The number of aromatic nitrogens is 1. The van der Waals surface area contributed by atoms with Gasteiger partial charge < -0.3 is 20.4 Å². The van der Waals surface area contributed by atoms with Crippen LogP contribution in [-0.2, 0) is 11.4 Å². The van der Waals surface area contributed by atoms with Crippen molar-refractivity contribution in [1.29, 1.82) is 0 Å². The Hall–Kier alpha value is -1.84. The predicted octanol–water partition coefficient (Wildman–Crippen LogP) is 3.22. The van der Waals surface area contributed by atoms with E-state index in [9.17, 15) is 9.35 Å². The molecule has 1 amide bonds. The number of piperidine rings is 1. The number of fused-ring (bicyclic) bond motifs is 1. The molecule has 1 aliphatic rings. The first kappa shape index (κ1) is 20.4. The third kappa shape index (κ3) is 4.22. The lowest BCUT2D eigenvalue weighted by Gasteiger charge is -2.32. The van der Waals surface area contributed by atoms with E-state index in [2.05, 4.69) is 11.1 Å². The summed E-state index contributed by atoms with van der Waals surface area (Å²) in [7, 11) is 0. The van der Waals surface area contributed by atoms with Gasteiger partial charge in [0.2, 0.25) is 0 Å². The average molecular weight is 432 g/mol. The van der Waals surface area contributed by atoms with Crippen molar-refractivity contribution in [3.63, 3.8) is 0 Å². The number of amides is 1. The highest BCUT2D eigenvalue weighted by atomic mass is 32.2. The van der Waals surface area contributed by atoms with Gasteiger partial charge in [0.1, 0.15) is 5.75 Å². The van der Waals surface area contributed by atoms with Crippen LogP contribution in [0.1, 0.15) is 41.1 Å². The Balaban J connectivity index is 1.61. The summed E-state index contributed by atoms with van der Waals surface area (Å²) in [5, 5.41) is 12.0. The van der Waals surface area contributed by atoms with E-state index in [1.165, 1.54) is 5.56 Å². The normalized spacial score (nSPS) is 17.0. The van der Waals surface area contributed by atoms with E-state index in [-0.39, 0.29) is 6.61 Å². The minimum atomic E-state index is -1.02. The molecule has 1 fully saturated rings. The summed E-state index contributed by atoms with van der Waals surface area (Å²) in [6.45, 7) is 1.61. The van der Waals surface area contributed by atoms with Crippen molar-refractivity contribution < 1.29 is 14.5 Å². The Bertz CT molecular complexity index is 979. The molecule has 4 N–H and O–H groups in total. The highest BCUT2D eigenvalue weighted by Crippen LogP contribution is 2.37. The van der Waals surface area contributed by atoms with Crippen molar-refractivity contribution in [2.45, 2.75) is 25.2 Å². The van der Waals surface area contributed by atoms with Gasteiger partial charge >= 0.3 is 0 Å². The first-order valence-corrected chi connectivity index (χ1v) is 12.0. The van der Waals surface area contributed by atoms with Gasteiger partial charge in [-0.15, -0.1) is 15.6 Å². The van der Waals surface area contributed by atoms with Crippen molar-refractivity contribution >= 4 is 39.5 Å². The number of nitrogens with two attached hydrogens (primary N) is 1. The van der Waals surface area contributed by atoms with E-state index in [0.717, 1.165) is 47.3 Å². The van der Waals surface area contributed by atoms with Crippen molar-refractivity contribution in [3.8, 4) is 10.4 Å². The maximum absolute atomic E-state index is 12.3. The minimum absolute atomic E-state index is 0.0757. The zero-order valence-electron chi connectivity index (χ0n) is 16.1. The molecular formula is C21H25N3O3S2. The third-order valence-electron chi connectivity index (χ3n) is 5.55. The van der Waals surface area contributed by atoms with Crippen LogP contribution in [0.5, 0.6) is 0 Å². The standard InChI is InChI=1S/C21H25N3O3S2/c22-21(26)17-12-15(19-3-1-9-28-19)11-16-18(13-23-20(16)17)14-4-6-24(7-5-14)29(27)10-2-8-25/h1,3,9,11-14,23,25H,2,4-8,10H2,(H2,22,26). The number of aliphatic hydroxyl groups is 1. The molecule has 4 rings (SSSR count). The van der Waals surface area contributed by atoms with Crippen molar-refractivity contribution in [3.05, 3.63) is 47.0 Å². The van der Waals surface area contributed by atoms with Crippen LogP contribution >= 0.6 is 11.3 Å². The summed E-state index contributed by atoms with van der Waals surface area (Å²) >= 11 is 0.615. The number of hydrogen-bond donors (Lipinski definition) is 3. The van der Waals surface area contributed by atoms with E-state index in [0.29, 0.717) is 23.7 Å². The summed E-state index contributed by atoms with van der Waals surface area (Å²) in [5.74, 6) is 0.422. The topological polar surface area (TPSA) is 105 Å². The number of carbonyl (C=O) groups excluding carboxylic acids is 1. The number of rotatable bonds is 7. The van der Waals surface area contributed by atoms with Gasteiger partial charge in [0.25, 0.3) is 5.91 Å². The first-order valence-electron chi connectivity index (χ1n) is 9.81. The molecule has 6 nitrogen and oxygen atoms in total. The second-order valence-electron chi connectivity index (χ2n) is 7.34. The summed E-state index contributed by atoms with van der Waals surface area (Å²) in [4.78, 5) is 16.5. The number of thiophene rings is 1. The maximum atomic E-state index is 12.3. The number of hydrogen-bond acceptors (Lipinski definition) is 5. The number of benzene rings is 1. The highest BCUT2D eigenvalue weighted by molar-refractivity contribution is 7.89. The van der Waals surface area contributed by atoms with Gasteiger partial charge in [-0.25, -0.2) is 0 Å². The van der Waals surface area contributed by atoms with E-state index in [1.54, 1.807) is 11.3 Å². The smallest absolute Gasteiger partial charge is 0.250 e. The average Bonchev–Trinajstić information content (AvgIpc) is 3.41. The predicted molar refractivity (Wildman–Crippen MR) is 118 cm³/mol. The van der Waals surface area contributed by atoms with E-state index < -0.39 is 17.3 Å². The molecule has 1 saturated heterocycles. The van der Waals surface area contributed by atoms with Crippen LogP contribution in [0.3, 0.4) is 0 Å². The Kier molecular flexibility index (Phi) is 6.26. The lowest BCUT2D eigenvalue weighted by Crippen LogP contribution is -2.39. The molecule has 29 heavy (non-hydrogen) atoms. The molecular weight excluding hydrogens is 406 g/mol. The number of nitrogens with one attached hydrogen (secondary N) is 1. The van der Waals surface area contributed by atoms with Crippen molar-refractivity contribution in [2.24, 2.45) is 5.73 Å². The molecule has 3 aromatic rings. The van der Waals surface area contributed by atoms with E-state index >= 15 is 0 Å². The fourth-order valence-electron chi connectivity index (χ4n) is 4.06. The maximum Gasteiger partial charge on any atom is 0.250 e. The molecule has 2 aromatic heterocycles. The molecule has 0 radical (unpaired) electrons. The van der Waals surface area contributed by atoms with Gasteiger partial charge in [0, 0.05) is 53.9 Å². The second kappa shape index (κ2) is 8.89. The zero-order valence-corrected chi connectivity index (χ0v) is 17.7. The molecule has 3 heterocycles. The molecule has 1 atom stereocenters. The summed E-state index contributed by atoms with van der Waals surface area (Å²) in [5.41, 5.74) is 9.17. The Morgan fingerprint density at radius 2 is 2.17 bits per heavy atom. The number of H-pyrrole nitrogens is 1. The number of aliphatic hydroxyl groups excluding tert-OH is 1. The number of aromatic amines is 1. The van der Waals surface area contributed by atoms with Crippen LogP contribution in [0.2, 0.25) is 0 Å². The van der Waals surface area contributed by atoms with E-state index in [4.69, 9.17) is 10.8 Å². The fourth-order valence-corrected chi connectivity index (χ4v) is 6.02. The third-order valence-corrected chi connectivity index (χ3v) is 8.05. The van der Waals surface area contributed by atoms with E-state index in [1.807, 2.05) is 34.1 Å². The van der Waals surface area contributed by atoms with Crippen molar-refractivity contribution in [2.75, 3.05) is 25.4 Å². The largest absolute Gasteiger partial charge is 0.598 e. The summed E-state index contributed by atoms with van der Waals surface area (Å²) in [6.07, 6.45) is 4.38. The molecule has 1 aliphatic heterocycles. The first-order chi connectivity index (χ1) is 14.1. The molecule has 1 aromatic carbocycles. The summed E-state index contributed by atoms with van der Waals surface area (Å²) < 4.78 is 14.3. The second-order valence-corrected chi connectivity index (χ2v) is 9.85. The SMILES string of the molecule is NC(=O)c1cc(-c2cccs2)cc2c(C3CCN([S+]([O-])CCCO)CC3)c[nH]c12. The highest BCUT2D eigenvalue weighted by Gasteiger charge is 2.29. The van der Waals surface area contributed by atoms with Crippen LogP contribution < -0.4 is 5.73 Å². The number of nitrogens with zero attached hydrogens (tertiary/aromatic N) is 1. The summed E-state index contributed by atoms with van der Waals surface area (Å²) in [6, 6.07) is 8.05.